The van der Waals surface area contributed by atoms with Gasteiger partial charge in [0.2, 0.25) is 0 Å². The SMILES string of the molecule is COCC(NC(=O)Nc1ccccc1-n1ccc(C)n1)c1ccco1. The van der Waals surface area contributed by atoms with Crippen molar-refractivity contribution in [3.63, 3.8) is 0 Å². The lowest BCUT2D eigenvalue weighted by Gasteiger charge is -2.17. The van der Waals surface area contributed by atoms with Crippen LogP contribution in [0.3, 0.4) is 0 Å². The molecule has 130 valence electrons. The van der Waals surface area contributed by atoms with Gasteiger partial charge in [-0.3, -0.25) is 0 Å². The van der Waals surface area contributed by atoms with Crippen molar-refractivity contribution in [3.05, 3.63) is 66.4 Å². The van der Waals surface area contributed by atoms with E-state index in [1.54, 1.807) is 30.2 Å². The van der Waals surface area contributed by atoms with Gasteiger partial charge in [0.25, 0.3) is 0 Å². The monoisotopic (exact) mass is 340 g/mol. The number of hydrogen-bond donors (Lipinski definition) is 2. The van der Waals surface area contributed by atoms with Crippen LogP contribution < -0.4 is 10.6 Å². The second-order valence-electron chi connectivity index (χ2n) is 5.54. The first-order chi connectivity index (χ1) is 12.2. The molecule has 0 aliphatic rings. The summed E-state index contributed by atoms with van der Waals surface area (Å²) in [7, 11) is 1.57. The van der Waals surface area contributed by atoms with E-state index in [0.717, 1.165) is 11.4 Å². The summed E-state index contributed by atoms with van der Waals surface area (Å²) in [6.45, 7) is 2.22. The molecule has 0 saturated carbocycles. The van der Waals surface area contributed by atoms with Crippen molar-refractivity contribution >= 4 is 11.7 Å². The van der Waals surface area contributed by atoms with Crippen LogP contribution in [0.5, 0.6) is 0 Å². The van der Waals surface area contributed by atoms with E-state index in [1.165, 1.54) is 0 Å². The Balaban J connectivity index is 1.75. The second-order valence-corrected chi connectivity index (χ2v) is 5.54. The number of carbonyl (C=O) groups is 1. The number of ether oxygens (including phenoxy) is 1. The zero-order valence-electron chi connectivity index (χ0n) is 14.1. The van der Waals surface area contributed by atoms with Gasteiger partial charge < -0.3 is 19.8 Å². The first-order valence-electron chi connectivity index (χ1n) is 7.89. The van der Waals surface area contributed by atoms with Crippen molar-refractivity contribution in [1.82, 2.24) is 15.1 Å². The molecule has 3 aromatic rings. The first-order valence-corrected chi connectivity index (χ1v) is 7.89. The third-order valence-electron chi connectivity index (χ3n) is 3.65. The quantitative estimate of drug-likeness (QED) is 0.721. The standard InChI is InChI=1S/C18H20N4O3/c1-13-9-10-22(21-13)16-7-4-3-6-14(16)19-18(23)20-15(12-24-2)17-8-5-11-25-17/h3-11,15H,12H2,1-2H3,(H2,19,20,23). The first kappa shape index (κ1) is 16.8. The molecule has 2 aromatic heterocycles. The fourth-order valence-electron chi connectivity index (χ4n) is 2.50. The highest BCUT2D eigenvalue weighted by atomic mass is 16.5. The summed E-state index contributed by atoms with van der Waals surface area (Å²) in [5, 5.41) is 10.1. The molecule has 0 fully saturated rings. The van der Waals surface area contributed by atoms with Crippen LogP contribution in [-0.4, -0.2) is 29.5 Å². The average molecular weight is 340 g/mol. The maximum absolute atomic E-state index is 12.4. The highest BCUT2D eigenvalue weighted by Crippen LogP contribution is 2.20. The minimum absolute atomic E-state index is 0.306. The summed E-state index contributed by atoms with van der Waals surface area (Å²) in [5.41, 5.74) is 2.34. The van der Waals surface area contributed by atoms with Crippen LogP contribution in [0.15, 0.2) is 59.3 Å². The summed E-state index contributed by atoms with van der Waals surface area (Å²) < 4.78 is 12.2. The molecule has 1 aromatic carbocycles. The molecule has 0 spiro atoms. The number of para-hydroxylation sites is 2. The lowest BCUT2D eigenvalue weighted by atomic mass is 10.2. The molecule has 0 saturated heterocycles. The number of rotatable bonds is 6. The zero-order chi connectivity index (χ0) is 17.6. The maximum Gasteiger partial charge on any atom is 0.319 e. The molecule has 1 unspecified atom stereocenters. The Morgan fingerprint density at radius 1 is 1.28 bits per heavy atom. The zero-order valence-corrected chi connectivity index (χ0v) is 14.1. The molecule has 7 heteroatoms. The summed E-state index contributed by atoms with van der Waals surface area (Å²) in [5.74, 6) is 0.632. The molecule has 3 rings (SSSR count). The molecule has 1 atom stereocenters. The van der Waals surface area contributed by atoms with E-state index in [0.29, 0.717) is 18.1 Å². The topological polar surface area (TPSA) is 81.3 Å². The Bertz CT molecular complexity index is 826. The van der Waals surface area contributed by atoms with E-state index in [9.17, 15) is 4.79 Å². The van der Waals surface area contributed by atoms with Crippen LogP contribution in [0.25, 0.3) is 5.69 Å². The number of methoxy groups -OCH3 is 1. The molecule has 2 amide bonds. The number of furan rings is 1. The predicted octanol–water partition coefficient (Wildman–Crippen LogP) is 3.28. The number of aromatic nitrogens is 2. The van der Waals surface area contributed by atoms with Crippen molar-refractivity contribution in [3.8, 4) is 5.69 Å². The fraction of sp³-hybridized carbons (Fsp3) is 0.222. The van der Waals surface area contributed by atoms with E-state index in [4.69, 9.17) is 9.15 Å². The molecular formula is C18H20N4O3. The van der Waals surface area contributed by atoms with E-state index in [2.05, 4.69) is 15.7 Å². The third kappa shape index (κ3) is 4.07. The third-order valence-corrected chi connectivity index (χ3v) is 3.65. The van der Waals surface area contributed by atoms with Gasteiger partial charge in [0.1, 0.15) is 11.8 Å². The minimum atomic E-state index is -0.376. The minimum Gasteiger partial charge on any atom is -0.467 e. The van der Waals surface area contributed by atoms with Crippen LogP contribution in [0.4, 0.5) is 10.5 Å². The molecule has 25 heavy (non-hydrogen) atoms. The molecule has 0 aliphatic heterocycles. The molecule has 2 N–H and O–H groups in total. The summed E-state index contributed by atoms with van der Waals surface area (Å²) in [6.07, 6.45) is 3.41. The van der Waals surface area contributed by atoms with Crippen molar-refractivity contribution in [2.75, 3.05) is 19.0 Å². The lowest BCUT2D eigenvalue weighted by molar-refractivity contribution is 0.159. The normalized spacial score (nSPS) is 11.9. The number of amides is 2. The number of anilines is 1. The maximum atomic E-state index is 12.4. The number of carbonyl (C=O) groups excluding carboxylic acids is 1. The largest absolute Gasteiger partial charge is 0.467 e. The van der Waals surface area contributed by atoms with Gasteiger partial charge >= 0.3 is 6.03 Å². The van der Waals surface area contributed by atoms with Gasteiger partial charge in [-0.1, -0.05) is 12.1 Å². The molecule has 7 nitrogen and oxygen atoms in total. The predicted molar refractivity (Wildman–Crippen MR) is 93.8 cm³/mol. The highest BCUT2D eigenvalue weighted by Gasteiger charge is 2.18. The Morgan fingerprint density at radius 3 is 2.80 bits per heavy atom. The number of benzene rings is 1. The van der Waals surface area contributed by atoms with Crippen LogP contribution in [0.2, 0.25) is 0 Å². The van der Waals surface area contributed by atoms with Crippen molar-refractivity contribution < 1.29 is 13.9 Å². The number of aryl methyl sites for hydroxylation is 1. The lowest BCUT2D eigenvalue weighted by Crippen LogP contribution is -2.34. The van der Waals surface area contributed by atoms with E-state index < -0.39 is 0 Å². The fourth-order valence-corrected chi connectivity index (χ4v) is 2.50. The number of nitrogens with one attached hydrogen (secondary N) is 2. The van der Waals surface area contributed by atoms with Gasteiger partial charge in [0.05, 0.1) is 29.9 Å². The van der Waals surface area contributed by atoms with Crippen LogP contribution >= 0.6 is 0 Å². The van der Waals surface area contributed by atoms with Gasteiger partial charge in [0.15, 0.2) is 0 Å². The Morgan fingerprint density at radius 2 is 2.12 bits per heavy atom. The van der Waals surface area contributed by atoms with Crippen LogP contribution in [-0.2, 0) is 4.74 Å². The summed E-state index contributed by atoms with van der Waals surface area (Å²) in [6, 6.07) is 12.2. The van der Waals surface area contributed by atoms with Gasteiger partial charge in [0, 0.05) is 13.3 Å². The number of nitrogens with zero attached hydrogens (tertiary/aromatic N) is 2. The molecular weight excluding hydrogens is 320 g/mol. The Labute approximate surface area is 145 Å². The van der Waals surface area contributed by atoms with Gasteiger partial charge in [-0.15, -0.1) is 0 Å². The van der Waals surface area contributed by atoms with E-state index >= 15 is 0 Å². The van der Waals surface area contributed by atoms with E-state index in [1.807, 2.05) is 43.5 Å². The molecule has 0 bridgehead atoms. The number of urea groups is 1. The average Bonchev–Trinajstić information content (AvgIpc) is 3.26. The molecule has 0 radical (unpaired) electrons. The second kappa shape index (κ2) is 7.67. The number of hydrogen-bond acceptors (Lipinski definition) is 4. The smallest absolute Gasteiger partial charge is 0.319 e. The summed E-state index contributed by atoms with van der Waals surface area (Å²) in [4.78, 5) is 12.4. The molecule has 2 heterocycles. The van der Waals surface area contributed by atoms with Crippen LogP contribution in [0, 0.1) is 6.92 Å². The molecule has 0 aliphatic carbocycles. The Kier molecular flexibility index (Phi) is 5.15. The van der Waals surface area contributed by atoms with Crippen molar-refractivity contribution in [1.29, 1.82) is 0 Å². The van der Waals surface area contributed by atoms with Gasteiger partial charge in [-0.25, -0.2) is 9.48 Å². The highest BCUT2D eigenvalue weighted by molar-refractivity contribution is 5.91. The summed E-state index contributed by atoms with van der Waals surface area (Å²) >= 11 is 0. The van der Waals surface area contributed by atoms with Crippen molar-refractivity contribution in [2.45, 2.75) is 13.0 Å². The Hall–Kier alpha value is -3.06. The van der Waals surface area contributed by atoms with Gasteiger partial charge in [-0.2, -0.15) is 5.10 Å². The van der Waals surface area contributed by atoms with Crippen LogP contribution in [0.1, 0.15) is 17.5 Å². The van der Waals surface area contributed by atoms with Gasteiger partial charge in [-0.05, 0) is 37.3 Å². The van der Waals surface area contributed by atoms with E-state index in [-0.39, 0.29) is 12.1 Å². The van der Waals surface area contributed by atoms with Crippen molar-refractivity contribution in [2.24, 2.45) is 0 Å².